The summed E-state index contributed by atoms with van der Waals surface area (Å²) < 4.78 is 5.34. The lowest BCUT2D eigenvalue weighted by Gasteiger charge is -2.29. The molecule has 41 heavy (non-hydrogen) atoms. The largest absolute Gasteiger partial charge is 0.490 e. The molecule has 0 aromatic heterocycles. The minimum atomic E-state index is -1.93. The Morgan fingerprint density at radius 3 is 1.85 bits per heavy atom. The fourth-order valence-corrected chi connectivity index (χ4v) is 4.38. The van der Waals surface area contributed by atoms with E-state index in [-0.39, 0.29) is 22.8 Å². The first-order chi connectivity index (χ1) is 19.5. The summed E-state index contributed by atoms with van der Waals surface area (Å²) in [5.41, 5.74) is 0.138. The third-order valence-electron chi connectivity index (χ3n) is 6.57. The molecule has 0 spiro atoms. The van der Waals surface area contributed by atoms with E-state index >= 15 is 0 Å². The first-order valence-corrected chi connectivity index (χ1v) is 13.2. The molecular weight excluding hydrogens is 531 g/mol. The Bertz CT molecular complexity index is 1320. The molecule has 3 aromatic rings. The Morgan fingerprint density at radius 2 is 1.32 bits per heavy atom. The average molecular weight is 566 g/mol. The number of ether oxygens (including phenoxy) is 1. The zero-order valence-electron chi connectivity index (χ0n) is 22.9. The van der Waals surface area contributed by atoms with Crippen molar-refractivity contribution >= 4 is 30.5 Å². The zero-order chi connectivity index (χ0) is 30.6. The average Bonchev–Trinajstić information content (AvgIpc) is 3.53. The number of hydrogen-bond donors (Lipinski definition) is 6. The van der Waals surface area contributed by atoms with Crippen molar-refractivity contribution in [2.45, 2.75) is 45.1 Å². The molecule has 1 unspecified atom stereocenters. The van der Waals surface area contributed by atoms with E-state index in [1.165, 1.54) is 30.3 Å². The Kier molecular flexibility index (Phi) is 12.5. The molecule has 218 valence electrons. The lowest BCUT2D eigenvalue weighted by atomic mass is 9.79. The Hall–Kier alpha value is -4.19. The normalized spacial score (nSPS) is 13.9. The van der Waals surface area contributed by atoms with Gasteiger partial charge >= 0.3 is 25.0 Å². The van der Waals surface area contributed by atoms with Gasteiger partial charge < -0.3 is 35.2 Å². The van der Waals surface area contributed by atoms with Crippen molar-refractivity contribution in [1.29, 1.82) is 0 Å². The van der Waals surface area contributed by atoms with E-state index in [4.69, 9.17) is 25.0 Å². The van der Waals surface area contributed by atoms with E-state index in [0.29, 0.717) is 18.3 Å². The highest BCUT2D eigenvalue weighted by atomic mass is 16.5. The van der Waals surface area contributed by atoms with E-state index in [2.05, 4.69) is 0 Å². The van der Waals surface area contributed by atoms with Crippen molar-refractivity contribution in [2.24, 2.45) is 5.92 Å². The van der Waals surface area contributed by atoms with Crippen LogP contribution in [0.4, 0.5) is 0 Å². The van der Waals surface area contributed by atoms with Gasteiger partial charge in [-0.05, 0) is 59.8 Å². The maximum atomic E-state index is 11.4. The Balaban J connectivity index is 0.000000273. The van der Waals surface area contributed by atoms with Crippen LogP contribution < -0.4 is 10.2 Å². The number of hydrogen-bond acceptors (Lipinski definition) is 7. The number of aromatic carboxylic acids is 2. The summed E-state index contributed by atoms with van der Waals surface area (Å²) in [7, 11) is -1.53. The summed E-state index contributed by atoms with van der Waals surface area (Å²) in [6.45, 7) is 3.61. The number of rotatable bonds is 9. The van der Waals surface area contributed by atoms with Gasteiger partial charge in [-0.25, -0.2) is 14.4 Å². The van der Waals surface area contributed by atoms with Crippen molar-refractivity contribution in [2.75, 3.05) is 6.61 Å². The SMILES string of the molecule is CC.O=C(O)c1cccc(-c2cccc(B(O)O)c2)c1.O=C(O)c1cccc(OCC(O)(C(=O)O)C2CCCC2)c1. The second-order valence-corrected chi connectivity index (χ2v) is 9.22. The topological polar surface area (TPSA) is 182 Å². The molecule has 0 bridgehead atoms. The summed E-state index contributed by atoms with van der Waals surface area (Å²) in [6.07, 6.45) is 3.10. The van der Waals surface area contributed by atoms with Gasteiger partial charge in [0.25, 0.3) is 0 Å². The molecule has 3 aromatic carbocycles. The molecule has 1 aliphatic rings. The maximum absolute atomic E-state index is 11.4. The number of carboxylic acid groups (broad SMARTS) is 3. The van der Waals surface area contributed by atoms with Gasteiger partial charge in [-0.2, -0.15) is 0 Å². The molecule has 6 N–H and O–H groups in total. The number of aliphatic hydroxyl groups is 1. The van der Waals surface area contributed by atoms with Gasteiger partial charge in [0.05, 0.1) is 11.1 Å². The molecule has 0 saturated heterocycles. The van der Waals surface area contributed by atoms with Gasteiger partial charge in [-0.1, -0.05) is 69.2 Å². The number of carboxylic acids is 3. The van der Waals surface area contributed by atoms with Gasteiger partial charge in [0, 0.05) is 5.92 Å². The van der Waals surface area contributed by atoms with Crippen LogP contribution in [0.25, 0.3) is 11.1 Å². The summed E-state index contributed by atoms with van der Waals surface area (Å²) in [5, 5.41) is 55.7. The van der Waals surface area contributed by atoms with Crippen LogP contribution in [0.3, 0.4) is 0 Å². The summed E-state index contributed by atoms with van der Waals surface area (Å²) in [5.74, 6) is -3.49. The smallest absolute Gasteiger partial charge is 0.488 e. The summed E-state index contributed by atoms with van der Waals surface area (Å²) in [6, 6.07) is 18.9. The zero-order valence-corrected chi connectivity index (χ0v) is 22.9. The van der Waals surface area contributed by atoms with Crippen molar-refractivity contribution in [3.8, 4) is 16.9 Å². The van der Waals surface area contributed by atoms with E-state index < -0.39 is 37.2 Å². The second kappa shape index (κ2) is 15.6. The van der Waals surface area contributed by atoms with Crippen molar-refractivity contribution in [3.05, 3.63) is 83.9 Å². The van der Waals surface area contributed by atoms with Crippen LogP contribution in [0.2, 0.25) is 0 Å². The van der Waals surface area contributed by atoms with Gasteiger partial charge in [-0.3, -0.25) is 0 Å². The standard InChI is InChI=1S/C15H18O6.C13H11BO4.C2H6/c16-13(17)10-4-3-7-12(8-10)21-9-15(20,14(18)19)11-5-1-2-6-11;15-13(16)11-5-1-3-9(7-11)10-4-2-6-12(8-10)14(17)18;1-2/h3-4,7-8,11,20H,1-2,5-6,9H2,(H,16,17)(H,18,19);1-8,17-18H,(H,15,16);1-2H3. The second-order valence-electron chi connectivity index (χ2n) is 9.22. The van der Waals surface area contributed by atoms with Crippen molar-refractivity contribution < 1.29 is 49.6 Å². The lowest BCUT2D eigenvalue weighted by Crippen LogP contribution is -2.50. The highest BCUT2D eigenvalue weighted by molar-refractivity contribution is 6.58. The monoisotopic (exact) mass is 566 g/mol. The Morgan fingerprint density at radius 1 is 0.805 bits per heavy atom. The van der Waals surface area contributed by atoms with Crippen LogP contribution in [0, 0.1) is 5.92 Å². The molecule has 1 saturated carbocycles. The molecule has 1 aliphatic carbocycles. The first kappa shape index (κ1) is 33.0. The highest BCUT2D eigenvalue weighted by Crippen LogP contribution is 2.35. The molecule has 0 radical (unpaired) electrons. The molecule has 11 heteroatoms. The van der Waals surface area contributed by atoms with Gasteiger partial charge in [0.2, 0.25) is 0 Å². The molecule has 4 rings (SSSR count). The quantitative estimate of drug-likeness (QED) is 0.210. The molecule has 1 atom stereocenters. The third-order valence-corrected chi connectivity index (χ3v) is 6.57. The maximum Gasteiger partial charge on any atom is 0.488 e. The summed E-state index contributed by atoms with van der Waals surface area (Å²) in [4.78, 5) is 33.1. The van der Waals surface area contributed by atoms with Crippen molar-refractivity contribution in [3.63, 3.8) is 0 Å². The predicted octanol–water partition coefficient (Wildman–Crippen LogP) is 3.53. The lowest BCUT2D eigenvalue weighted by molar-refractivity contribution is -0.169. The molecule has 1 fully saturated rings. The van der Waals surface area contributed by atoms with Gasteiger partial charge in [0.15, 0.2) is 5.60 Å². The minimum absolute atomic E-state index is 0.0484. The Labute approximate surface area is 238 Å². The number of benzene rings is 3. The van der Waals surface area contributed by atoms with Gasteiger partial charge in [0.1, 0.15) is 12.4 Å². The van der Waals surface area contributed by atoms with Gasteiger partial charge in [-0.15, -0.1) is 0 Å². The molecule has 0 aliphatic heterocycles. The van der Waals surface area contributed by atoms with Crippen LogP contribution in [0.15, 0.2) is 72.8 Å². The molecule has 10 nitrogen and oxygen atoms in total. The number of carbonyl (C=O) groups is 3. The molecule has 0 amide bonds. The number of aliphatic carboxylic acids is 1. The molecular formula is C30H35BO10. The third kappa shape index (κ3) is 9.17. The van der Waals surface area contributed by atoms with E-state index in [1.807, 2.05) is 13.8 Å². The van der Waals surface area contributed by atoms with Crippen LogP contribution in [-0.2, 0) is 4.79 Å². The fourth-order valence-electron chi connectivity index (χ4n) is 4.38. The molecule has 0 heterocycles. The van der Waals surface area contributed by atoms with E-state index in [0.717, 1.165) is 24.0 Å². The fraction of sp³-hybridized carbons (Fsp3) is 0.300. The van der Waals surface area contributed by atoms with Crippen LogP contribution in [0.5, 0.6) is 5.75 Å². The highest BCUT2D eigenvalue weighted by Gasteiger charge is 2.46. The van der Waals surface area contributed by atoms with Crippen LogP contribution in [-0.4, -0.2) is 67.7 Å². The van der Waals surface area contributed by atoms with Crippen molar-refractivity contribution in [1.82, 2.24) is 0 Å². The predicted molar refractivity (Wildman–Crippen MR) is 153 cm³/mol. The van der Waals surface area contributed by atoms with Crippen LogP contribution in [0.1, 0.15) is 60.2 Å². The minimum Gasteiger partial charge on any atom is -0.490 e. The first-order valence-electron chi connectivity index (χ1n) is 13.2. The van der Waals surface area contributed by atoms with Crippen LogP contribution >= 0.6 is 0 Å². The van der Waals surface area contributed by atoms with E-state index in [1.54, 1.807) is 42.5 Å². The summed E-state index contributed by atoms with van der Waals surface area (Å²) >= 11 is 0. The van der Waals surface area contributed by atoms with E-state index in [9.17, 15) is 24.6 Å².